The van der Waals surface area contributed by atoms with Crippen LogP contribution in [-0.2, 0) is 27.9 Å². The average Bonchev–Trinajstić information content (AvgIpc) is 3.04. The van der Waals surface area contributed by atoms with Crippen LogP contribution >= 0.6 is 0 Å². The summed E-state index contributed by atoms with van der Waals surface area (Å²) in [5.74, 6) is -0.987. The SMILES string of the molecule is CCn1c(=O)n(CC(=O)Nc2ccc(S(=O)(=O)Nc3cccc(F)c3)cc2)c2ccccc21. The third kappa shape index (κ3) is 4.65. The molecule has 0 atom stereocenters. The van der Waals surface area contributed by atoms with Crippen LogP contribution in [0.2, 0.25) is 0 Å². The lowest BCUT2D eigenvalue weighted by Crippen LogP contribution is -2.29. The number of hydrogen-bond acceptors (Lipinski definition) is 4. The van der Waals surface area contributed by atoms with E-state index in [0.717, 1.165) is 11.6 Å². The number of nitrogens with one attached hydrogen (secondary N) is 2. The van der Waals surface area contributed by atoms with E-state index in [1.165, 1.54) is 47.0 Å². The molecular formula is C23H21FN4O4S. The van der Waals surface area contributed by atoms with Gasteiger partial charge in [0.05, 0.1) is 21.6 Å². The van der Waals surface area contributed by atoms with Crippen molar-refractivity contribution < 1.29 is 17.6 Å². The Morgan fingerprint density at radius 3 is 2.21 bits per heavy atom. The summed E-state index contributed by atoms with van der Waals surface area (Å²) < 4.78 is 43.6. The van der Waals surface area contributed by atoms with Crippen molar-refractivity contribution in [2.45, 2.75) is 24.9 Å². The number of carbonyl (C=O) groups excluding carboxylic acids is 1. The number of para-hydroxylation sites is 2. The van der Waals surface area contributed by atoms with Crippen molar-refractivity contribution in [1.82, 2.24) is 9.13 Å². The Morgan fingerprint density at radius 1 is 0.909 bits per heavy atom. The lowest BCUT2D eigenvalue weighted by molar-refractivity contribution is -0.116. The number of rotatable bonds is 7. The lowest BCUT2D eigenvalue weighted by Gasteiger charge is -2.10. The number of nitrogens with zero attached hydrogens (tertiary/aromatic N) is 2. The third-order valence-corrected chi connectivity index (χ3v) is 6.47. The van der Waals surface area contributed by atoms with Crippen molar-refractivity contribution in [2.24, 2.45) is 0 Å². The van der Waals surface area contributed by atoms with E-state index in [1.807, 2.05) is 19.1 Å². The van der Waals surface area contributed by atoms with E-state index in [1.54, 1.807) is 16.7 Å². The van der Waals surface area contributed by atoms with Crippen LogP contribution in [0, 0.1) is 5.82 Å². The maximum atomic E-state index is 13.3. The van der Waals surface area contributed by atoms with Gasteiger partial charge < -0.3 is 5.32 Å². The van der Waals surface area contributed by atoms with Crippen LogP contribution in [-0.4, -0.2) is 23.5 Å². The topological polar surface area (TPSA) is 102 Å². The third-order valence-electron chi connectivity index (χ3n) is 5.07. The van der Waals surface area contributed by atoms with E-state index >= 15 is 0 Å². The van der Waals surface area contributed by atoms with Gasteiger partial charge in [0.15, 0.2) is 0 Å². The summed E-state index contributed by atoms with van der Waals surface area (Å²) in [4.78, 5) is 25.2. The molecule has 0 bridgehead atoms. The van der Waals surface area contributed by atoms with Crippen LogP contribution in [0.1, 0.15) is 6.92 Å². The van der Waals surface area contributed by atoms with E-state index < -0.39 is 21.7 Å². The Kier molecular flexibility index (Phi) is 6.01. The largest absolute Gasteiger partial charge is 0.329 e. The molecule has 3 aromatic carbocycles. The van der Waals surface area contributed by atoms with Crippen LogP contribution in [0.25, 0.3) is 11.0 Å². The molecular weight excluding hydrogens is 447 g/mol. The monoisotopic (exact) mass is 468 g/mol. The summed E-state index contributed by atoms with van der Waals surface area (Å²) in [5.41, 5.74) is 1.60. The highest BCUT2D eigenvalue weighted by atomic mass is 32.2. The number of aryl methyl sites for hydroxylation is 1. The molecule has 8 nitrogen and oxygen atoms in total. The first-order chi connectivity index (χ1) is 15.8. The van der Waals surface area contributed by atoms with Crippen LogP contribution in [0.4, 0.5) is 15.8 Å². The van der Waals surface area contributed by atoms with Gasteiger partial charge in [-0.3, -0.25) is 18.7 Å². The number of hydrogen-bond donors (Lipinski definition) is 2. The molecule has 0 fully saturated rings. The van der Waals surface area contributed by atoms with Crippen molar-refractivity contribution in [2.75, 3.05) is 10.0 Å². The van der Waals surface area contributed by atoms with Gasteiger partial charge in [-0.15, -0.1) is 0 Å². The zero-order valence-electron chi connectivity index (χ0n) is 17.7. The second kappa shape index (κ2) is 8.91. The Balaban J connectivity index is 1.49. The van der Waals surface area contributed by atoms with Crippen LogP contribution < -0.4 is 15.7 Å². The van der Waals surface area contributed by atoms with Crippen molar-refractivity contribution >= 4 is 38.3 Å². The highest BCUT2D eigenvalue weighted by Crippen LogP contribution is 2.19. The van der Waals surface area contributed by atoms with Crippen LogP contribution in [0.5, 0.6) is 0 Å². The van der Waals surface area contributed by atoms with E-state index in [0.29, 0.717) is 17.7 Å². The molecule has 0 unspecified atom stereocenters. The number of sulfonamides is 1. The molecule has 1 heterocycles. The molecule has 33 heavy (non-hydrogen) atoms. The van der Waals surface area contributed by atoms with Gasteiger partial charge in [0.1, 0.15) is 12.4 Å². The molecule has 4 rings (SSSR count). The second-order valence-corrected chi connectivity index (χ2v) is 8.97. The zero-order valence-corrected chi connectivity index (χ0v) is 18.5. The summed E-state index contributed by atoms with van der Waals surface area (Å²) in [5, 5.41) is 2.67. The van der Waals surface area contributed by atoms with E-state index in [-0.39, 0.29) is 22.8 Å². The smallest absolute Gasteiger partial charge is 0.325 e. The minimum absolute atomic E-state index is 0.0491. The zero-order chi connectivity index (χ0) is 23.6. The quantitative estimate of drug-likeness (QED) is 0.434. The average molecular weight is 469 g/mol. The summed E-state index contributed by atoms with van der Waals surface area (Å²) in [6, 6.07) is 17.9. The van der Waals surface area contributed by atoms with Gasteiger partial charge in [-0.25, -0.2) is 17.6 Å². The highest BCUT2D eigenvalue weighted by Gasteiger charge is 2.16. The molecule has 2 N–H and O–H groups in total. The maximum absolute atomic E-state index is 13.3. The summed E-state index contributed by atoms with van der Waals surface area (Å²) in [6.45, 7) is 2.15. The number of benzene rings is 3. The van der Waals surface area contributed by atoms with Crippen LogP contribution in [0.3, 0.4) is 0 Å². The number of amides is 1. The standard InChI is InChI=1S/C23H21FN4O4S/c1-2-27-20-8-3-4-9-21(20)28(23(27)30)15-22(29)25-17-10-12-19(13-11-17)33(31,32)26-18-7-5-6-16(24)14-18/h3-14,26H,2,15H2,1H3,(H,25,29). The normalized spacial score (nSPS) is 11.5. The Hall–Kier alpha value is -3.92. The van der Waals surface area contributed by atoms with Gasteiger partial charge in [-0.1, -0.05) is 18.2 Å². The second-order valence-electron chi connectivity index (χ2n) is 7.29. The van der Waals surface area contributed by atoms with E-state index in [2.05, 4.69) is 10.0 Å². The number of imidazole rings is 1. The molecule has 0 spiro atoms. The van der Waals surface area contributed by atoms with Crippen LogP contribution in [0.15, 0.2) is 82.5 Å². The van der Waals surface area contributed by atoms with Gasteiger partial charge in [0.25, 0.3) is 10.0 Å². The molecule has 0 aliphatic carbocycles. The fourth-order valence-corrected chi connectivity index (χ4v) is 4.61. The fourth-order valence-electron chi connectivity index (χ4n) is 3.56. The van der Waals surface area contributed by atoms with Gasteiger partial charge in [-0.05, 0) is 61.5 Å². The molecule has 10 heteroatoms. The predicted octanol–water partition coefficient (Wildman–Crippen LogP) is 3.40. The molecule has 1 amide bonds. The van der Waals surface area contributed by atoms with Gasteiger partial charge in [0.2, 0.25) is 5.91 Å². The Labute approximate surface area is 189 Å². The predicted molar refractivity (Wildman–Crippen MR) is 124 cm³/mol. The van der Waals surface area contributed by atoms with Gasteiger partial charge >= 0.3 is 5.69 Å². The van der Waals surface area contributed by atoms with Crippen molar-refractivity contribution in [1.29, 1.82) is 0 Å². The molecule has 0 saturated heterocycles. The molecule has 0 aliphatic rings. The van der Waals surface area contributed by atoms with E-state index in [4.69, 9.17) is 0 Å². The summed E-state index contributed by atoms with van der Waals surface area (Å²) >= 11 is 0. The molecule has 0 radical (unpaired) electrons. The van der Waals surface area contributed by atoms with Crippen molar-refractivity contribution in [3.05, 3.63) is 89.1 Å². The maximum Gasteiger partial charge on any atom is 0.329 e. The lowest BCUT2D eigenvalue weighted by atomic mass is 10.3. The minimum Gasteiger partial charge on any atom is -0.325 e. The number of fused-ring (bicyclic) bond motifs is 1. The van der Waals surface area contributed by atoms with Crippen molar-refractivity contribution in [3.63, 3.8) is 0 Å². The summed E-state index contributed by atoms with van der Waals surface area (Å²) in [6.07, 6.45) is 0. The Bertz CT molecular complexity index is 1490. The molecule has 0 saturated carbocycles. The first-order valence-corrected chi connectivity index (χ1v) is 11.6. The number of carbonyl (C=O) groups is 1. The number of aromatic nitrogens is 2. The van der Waals surface area contributed by atoms with E-state index in [9.17, 15) is 22.4 Å². The minimum atomic E-state index is -3.93. The van der Waals surface area contributed by atoms with Gasteiger partial charge in [-0.2, -0.15) is 0 Å². The number of halogens is 1. The molecule has 0 aliphatic heterocycles. The molecule has 4 aromatic rings. The van der Waals surface area contributed by atoms with Gasteiger partial charge in [0, 0.05) is 12.2 Å². The molecule has 170 valence electrons. The van der Waals surface area contributed by atoms with Crippen molar-refractivity contribution in [3.8, 4) is 0 Å². The first-order valence-electron chi connectivity index (χ1n) is 10.1. The molecule has 1 aromatic heterocycles. The summed E-state index contributed by atoms with van der Waals surface area (Å²) in [7, 11) is -3.93. The fraction of sp³-hybridized carbons (Fsp3) is 0.130. The first kappa shape index (κ1) is 22.3. The number of anilines is 2. The Morgan fingerprint density at radius 2 is 1.58 bits per heavy atom. The highest BCUT2D eigenvalue weighted by molar-refractivity contribution is 7.92.